The lowest BCUT2D eigenvalue weighted by atomic mass is 9.85. The van der Waals surface area contributed by atoms with Crippen LogP contribution in [0.3, 0.4) is 0 Å². The number of allylic oxidation sites excluding steroid dienone is 2. The van der Waals surface area contributed by atoms with Crippen LogP contribution in [-0.2, 0) is 16.2 Å². The predicted molar refractivity (Wildman–Crippen MR) is 116 cm³/mol. The molecule has 7 heteroatoms. The summed E-state index contributed by atoms with van der Waals surface area (Å²) in [5, 5.41) is 5.89. The SMILES string of the molecule is COc1cc(/C=N\N2C(=O)[C@H]3[C@H](C2=O)[C@H]2C=C[C@H]3C2)ccc1OCc1ccccc1Cl. The van der Waals surface area contributed by atoms with E-state index in [1.165, 1.54) is 6.21 Å². The van der Waals surface area contributed by atoms with E-state index in [0.717, 1.165) is 17.0 Å². The molecule has 6 nitrogen and oxygen atoms in total. The van der Waals surface area contributed by atoms with Crippen LogP contribution in [-0.4, -0.2) is 30.1 Å². The minimum Gasteiger partial charge on any atom is -0.493 e. The molecular formula is C24H21ClN2O4. The lowest BCUT2D eigenvalue weighted by Crippen LogP contribution is -2.28. The first-order valence-electron chi connectivity index (χ1n) is 10.2. The Morgan fingerprint density at radius 3 is 2.45 bits per heavy atom. The Morgan fingerprint density at radius 2 is 1.77 bits per heavy atom. The quantitative estimate of drug-likeness (QED) is 0.389. The van der Waals surface area contributed by atoms with Crippen LogP contribution in [0.1, 0.15) is 17.5 Å². The number of methoxy groups -OCH3 is 1. The molecule has 1 heterocycles. The van der Waals surface area contributed by atoms with Gasteiger partial charge in [0.1, 0.15) is 6.61 Å². The van der Waals surface area contributed by atoms with Crippen LogP contribution in [0.5, 0.6) is 11.5 Å². The minimum atomic E-state index is -0.255. The van der Waals surface area contributed by atoms with Crippen molar-refractivity contribution in [2.75, 3.05) is 7.11 Å². The van der Waals surface area contributed by atoms with Gasteiger partial charge in [0.15, 0.2) is 11.5 Å². The predicted octanol–water partition coefficient (Wildman–Crippen LogP) is 4.07. The highest BCUT2D eigenvalue weighted by molar-refractivity contribution is 6.31. The van der Waals surface area contributed by atoms with Gasteiger partial charge < -0.3 is 9.47 Å². The van der Waals surface area contributed by atoms with Crippen molar-refractivity contribution < 1.29 is 19.1 Å². The summed E-state index contributed by atoms with van der Waals surface area (Å²) in [7, 11) is 1.55. The van der Waals surface area contributed by atoms with Gasteiger partial charge in [0.2, 0.25) is 0 Å². The lowest BCUT2D eigenvalue weighted by molar-refractivity contribution is -0.140. The van der Waals surface area contributed by atoms with Crippen LogP contribution in [0.15, 0.2) is 59.7 Å². The first-order valence-corrected chi connectivity index (χ1v) is 10.6. The van der Waals surface area contributed by atoms with Crippen molar-refractivity contribution >= 4 is 29.6 Å². The summed E-state index contributed by atoms with van der Waals surface area (Å²) < 4.78 is 11.3. The number of carbonyl (C=O) groups excluding carboxylic acids is 2. The van der Waals surface area contributed by atoms with Crippen molar-refractivity contribution in [2.45, 2.75) is 13.0 Å². The number of rotatable bonds is 6. The van der Waals surface area contributed by atoms with Crippen LogP contribution < -0.4 is 9.47 Å². The summed E-state index contributed by atoms with van der Waals surface area (Å²) >= 11 is 6.18. The van der Waals surface area contributed by atoms with E-state index in [-0.39, 0.29) is 35.5 Å². The van der Waals surface area contributed by atoms with E-state index in [9.17, 15) is 9.59 Å². The van der Waals surface area contributed by atoms with Crippen LogP contribution in [0.2, 0.25) is 5.02 Å². The largest absolute Gasteiger partial charge is 0.493 e. The Morgan fingerprint density at radius 1 is 1.06 bits per heavy atom. The Hall–Kier alpha value is -3.12. The third kappa shape index (κ3) is 3.41. The second kappa shape index (κ2) is 7.85. The summed E-state index contributed by atoms with van der Waals surface area (Å²) in [6.45, 7) is 0.305. The van der Waals surface area contributed by atoms with Gasteiger partial charge in [0.25, 0.3) is 11.8 Å². The average Bonchev–Trinajstić information content (AvgIpc) is 3.46. The molecule has 2 aliphatic carbocycles. The van der Waals surface area contributed by atoms with Crippen molar-refractivity contribution in [2.24, 2.45) is 28.8 Å². The monoisotopic (exact) mass is 436 g/mol. The maximum absolute atomic E-state index is 12.7. The standard InChI is InChI=1S/C24H21ClN2O4/c1-30-20-10-14(6-9-19(20)31-13-17-4-2-3-5-18(17)25)12-26-27-23(28)21-15-7-8-16(11-15)22(21)24(27)29/h2-10,12,15-16,21-22H,11,13H2,1H3/b26-12-/t15-,16-,21+,22+/m0/s1. The summed E-state index contributed by atoms with van der Waals surface area (Å²) in [5.74, 6) is 0.510. The van der Waals surface area contributed by atoms with Gasteiger partial charge in [0.05, 0.1) is 25.2 Å². The molecule has 2 aromatic carbocycles. The molecule has 1 aliphatic heterocycles. The first kappa shape index (κ1) is 19.8. The second-order valence-corrected chi connectivity index (χ2v) is 8.43. The Labute approximate surface area is 185 Å². The fourth-order valence-corrected chi connectivity index (χ4v) is 4.97. The Kier molecular flexibility index (Phi) is 5.02. The molecule has 4 atom stereocenters. The zero-order valence-electron chi connectivity index (χ0n) is 16.9. The van der Waals surface area contributed by atoms with E-state index in [1.807, 2.05) is 24.3 Å². The number of hydrogen-bond acceptors (Lipinski definition) is 5. The van der Waals surface area contributed by atoms with Crippen LogP contribution in [0.25, 0.3) is 0 Å². The molecule has 0 N–H and O–H groups in total. The molecule has 0 unspecified atom stereocenters. The van der Waals surface area contributed by atoms with Gasteiger partial charge in [-0.2, -0.15) is 10.1 Å². The van der Waals surface area contributed by atoms with E-state index in [4.69, 9.17) is 21.1 Å². The molecule has 2 fully saturated rings. The van der Waals surface area contributed by atoms with E-state index in [0.29, 0.717) is 28.7 Å². The molecular weight excluding hydrogens is 416 g/mol. The van der Waals surface area contributed by atoms with Gasteiger partial charge in [0, 0.05) is 10.6 Å². The molecule has 0 spiro atoms. The molecule has 2 aromatic rings. The van der Waals surface area contributed by atoms with Gasteiger partial charge in [-0.25, -0.2) is 0 Å². The molecule has 31 heavy (non-hydrogen) atoms. The second-order valence-electron chi connectivity index (χ2n) is 8.02. The molecule has 2 amide bonds. The highest BCUT2D eigenvalue weighted by atomic mass is 35.5. The number of nitrogens with zero attached hydrogens (tertiary/aromatic N) is 2. The van der Waals surface area contributed by atoms with Gasteiger partial charge in [-0.1, -0.05) is 42.0 Å². The number of amides is 2. The molecule has 5 rings (SSSR count). The Bertz CT molecular complexity index is 1080. The number of fused-ring (bicyclic) bond motifs is 5. The van der Waals surface area contributed by atoms with Gasteiger partial charge in [-0.05, 0) is 48.1 Å². The number of imide groups is 1. The summed E-state index contributed by atoms with van der Waals surface area (Å²) in [6, 6.07) is 12.8. The molecule has 1 saturated heterocycles. The van der Waals surface area contributed by atoms with Crippen LogP contribution >= 0.6 is 11.6 Å². The van der Waals surface area contributed by atoms with Crippen molar-refractivity contribution in [3.05, 3.63) is 70.8 Å². The van der Waals surface area contributed by atoms with E-state index >= 15 is 0 Å². The number of benzene rings is 2. The summed E-state index contributed by atoms with van der Waals surface area (Å²) in [5.41, 5.74) is 1.57. The number of hydrazone groups is 1. The summed E-state index contributed by atoms with van der Waals surface area (Å²) in [4.78, 5) is 25.5. The van der Waals surface area contributed by atoms with Gasteiger partial charge in [-0.15, -0.1) is 0 Å². The van der Waals surface area contributed by atoms with Crippen LogP contribution in [0, 0.1) is 23.7 Å². The molecule has 1 saturated carbocycles. The third-order valence-electron chi connectivity index (χ3n) is 6.30. The van der Waals surface area contributed by atoms with Gasteiger partial charge in [-0.3, -0.25) is 9.59 Å². The van der Waals surface area contributed by atoms with E-state index < -0.39 is 0 Å². The molecule has 158 valence electrons. The molecule has 2 bridgehead atoms. The third-order valence-corrected chi connectivity index (χ3v) is 6.67. The maximum Gasteiger partial charge on any atom is 0.254 e. The van der Waals surface area contributed by atoms with E-state index in [1.54, 1.807) is 25.3 Å². The number of carbonyl (C=O) groups is 2. The zero-order valence-corrected chi connectivity index (χ0v) is 17.7. The fraction of sp³-hybridized carbons (Fsp3) is 0.292. The first-order chi connectivity index (χ1) is 15.1. The summed E-state index contributed by atoms with van der Waals surface area (Å²) in [6.07, 6.45) is 6.54. The Balaban J connectivity index is 1.30. The smallest absolute Gasteiger partial charge is 0.254 e. The fourth-order valence-electron chi connectivity index (χ4n) is 4.78. The normalized spacial score (nSPS) is 26.2. The highest BCUT2D eigenvalue weighted by Gasteiger charge is 2.59. The van der Waals surface area contributed by atoms with Crippen molar-refractivity contribution in [3.63, 3.8) is 0 Å². The molecule has 3 aliphatic rings. The van der Waals surface area contributed by atoms with Crippen molar-refractivity contribution in [1.82, 2.24) is 5.01 Å². The van der Waals surface area contributed by atoms with Crippen LogP contribution in [0.4, 0.5) is 0 Å². The van der Waals surface area contributed by atoms with Gasteiger partial charge >= 0.3 is 0 Å². The number of halogens is 1. The molecule has 0 aromatic heterocycles. The number of ether oxygens (including phenoxy) is 2. The van der Waals surface area contributed by atoms with Crippen molar-refractivity contribution in [3.8, 4) is 11.5 Å². The average molecular weight is 437 g/mol. The zero-order chi connectivity index (χ0) is 21.5. The van der Waals surface area contributed by atoms with Crippen molar-refractivity contribution in [1.29, 1.82) is 0 Å². The topological polar surface area (TPSA) is 68.2 Å². The number of hydrogen-bond donors (Lipinski definition) is 0. The van der Waals surface area contributed by atoms with E-state index in [2.05, 4.69) is 17.3 Å². The molecule has 0 radical (unpaired) electrons. The maximum atomic E-state index is 12.7. The minimum absolute atomic E-state index is 0.168. The highest BCUT2D eigenvalue weighted by Crippen LogP contribution is 2.52. The lowest BCUT2D eigenvalue weighted by Gasteiger charge is -2.13.